The number of aryl methyl sites for hydroxylation is 1. The molecule has 1 atom stereocenters. The summed E-state index contributed by atoms with van der Waals surface area (Å²) in [6.45, 7) is 5.67. The van der Waals surface area contributed by atoms with Crippen LogP contribution >= 0.6 is 0 Å². The van der Waals surface area contributed by atoms with Crippen LogP contribution in [0.4, 0.5) is 0 Å². The Labute approximate surface area is 81.0 Å². The van der Waals surface area contributed by atoms with Crippen molar-refractivity contribution >= 4 is 0 Å². The van der Waals surface area contributed by atoms with Gasteiger partial charge in [-0.15, -0.1) is 0 Å². The van der Waals surface area contributed by atoms with E-state index in [-0.39, 0.29) is 0 Å². The smallest absolute Gasteiger partial charge is 0.0945 e. The maximum absolute atomic E-state index is 4.03. The van der Waals surface area contributed by atoms with Crippen molar-refractivity contribution in [2.24, 2.45) is 5.92 Å². The lowest BCUT2D eigenvalue weighted by atomic mass is 9.97. The summed E-state index contributed by atoms with van der Waals surface area (Å²) in [6.07, 6.45) is 11.1. The minimum absolute atomic E-state index is 0.896. The molecule has 0 aliphatic rings. The highest BCUT2D eigenvalue weighted by Crippen LogP contribution is 2.15. The predicted octanol–water partition coefficient (Wildman–Crippen LogP) is 3.10. The molecule has 0 saturated heterocycles. The first-order chi connectivity index (χ1) is 6.36. The number of aromatic nitrogens is 2. The molecule has 0 saturated carbocycles. The fourth-order valence-corrected chi connectivity index (χ4v) is 1.71. The Kier molecular flexibility index (Phi) is 4.58. The van der Waals surface area contributed by atoms with Crippen LogP contribution in [0.5, 0.6) is 0 Å². The molecule has 0 aliphatic heterocycles. The van der Waals surface area contributed by atoms with Gasteiger partial charge in [-0.05, 0) is 12.3 Å². The second-order valence-electron chi connectivity index (χ2n) is 3.65. The maximum Gasteiger partial charge on any atom is 0.0945 e. The highest BCUT2D eigenvalue weighted by Gasteiger charge is 2.04. The highest BCUT2D eigenvalue weighted by atomic mass is 15.0. The Bertz CT molecular complexity index is 204. The van der Waals surface area contributed by atoms with E-state index in [0.29, 0.717) is 0 Å². The maximum atomic E-state index is 4.03. The van der Waals surface area contributed by atoms with Crippen molar-refractivity contribution in [3.63, 3.8) is 0 Å². The normalized spacial score (nSPS) is 13.1. The third-order valence-electron chi connectivity index (χ3n) is 2.63. The van der Waals surface area contributed by atoms with E-state index >= 15 is 0 Å². The summed E-state index contributed by atoms with van der Waals surface area (Å²) in [5, 5.41) is 0. The zero-order chi connectivity index (χ0) is 9.52. The molecule has 1 aromatic heterocycles. The molecule has 2 nitrogen and oxygen atoms in total. The minimum Gasteiger partial charge on any atom is -0.337 e. The monoisotopic (exact) mass is 180 g/mol. The lowest BCUT2D eigenvalue weighted by Crippen LogP contribution is -2.04. The lowest BCUT2D eigenvalue weighted by molar-refractivity contribution is 0.403. The van der Waals surface area contributed by atoms with Gasteiger partial charge in [-0.1, -0.05) is 33.1 Å². The third kappa shape index (κ3) is 3.62. The quantitative estimate of drug-likeness (QED) is 0.657. The Morgan fingerprint density at radius 2 is 2.15 bits per heavy atom. The molecule has 0 radical (unpaired) electrons. The number of rotatable bonds is 6. The Hall–Kier alpha value is -0.790. The first kappa shape index (κ1) is 10.3. The molecule has 0 fully saturated rings. The van der Waals surface area contributed by atoms with Gasteiger partial charge in [0.2, 0.25) is 0 Å². The number of hydrogen-bond acceptors (Lipinski definition) is 1. The highest BCUT2D eigenvalue weighted by molar-refractivity contribution is 4.74. The molecule has 2 heteroatoms. The van der Waals surface area contributed by atoms with Crippen LogP contribution in [0.25, 0.3) is 0 Å². The van der Waals surface area contributed by atoms with Crippen molar-refractivity contribution in [2.45, 2.75) is 46.1 Å². The lowest BCUT2D eigenvalue weighted by Gasteiger charge is -2.13. The molecule has 0 spiro atoms. The molecular weight excluding hydrogens is 160 g/mol. The number of imidazole rings is 1. The average molecular weight is 180 g/mol. The first-order valence-corrected chi connectivity index (χ1v) is 5.32. The van der Waals surface area contributed by atoms with Crippen LogP contribution in [0.3, 0.4) is 0 Å². The van der Waals surface area contributed by atoms with Crippen LogP contribution < -0.4 is 0 Å². The zero-order valence-electron chi connectivity index (χ0n) is 8.74. The Morgan fingerprint density at radius 3 is 2.69 bits per heavy atom. The second kappa shape index (κ2) is 5.79. The molecule has 1 aromatic rings. The van der Waals surface area contributed by atoms with Gasteiger partial charge in [-0.3, -0.25) is 0 Å². The van der Waals surface area contributed by atoms with Gasteiger partial charge in [0.15, 0.2) is 0 Å². The van der Waals surface area contributed by atoms with Gasteiger partial charge in [0.1, 0.15) is 0 Å². The second-order valence-corrected chi connectivity index (χ2v) is 3.65. The molecule has 13 heavy (non-hydrogen) atoms. The summed E-state index contributed by atoms with van der Waals surface area (Å²) in [5.74, 6) is 0.896. The van der Waals surface area contributed by atoms with Crippen LogP contribution in [-0.2, 0) is 6.54 Å². The molecule has 1 rings (SSSR count). The largest absolute Gasteiger partial charge is 0.337 e. The fourth-order valence-electron chi connectivity index (χ4n) is 1.71. The van der Waals surface area contributed by atoms with Crippen LogP contribution in [0.1, 0.15) is 39.5 Å². The number of hydrogen-bond donors (Lipinski definition) is 0. The van der Waals surface area contributed by atoms with Crippen molar-refractivity contribution in [3.8, 4) is 0 Å². The van der Waals surface area contributed by atoms with E-state index in [1.807, 2.05) is 18.7 Å². The average Bonchev–Trinajstić information content (AvgIpc) is 2.64. The molecule has 0 amide bonds. The van der Waals surface area contributed by atoms with Crippen LogP contribution in [0.15, 0.2) is 18.7 Å². The summed E-state index contributed by atoms with van der Waals surface area (Å²) in [6, 6.07) is 0. The van der Waals surface area contributed by atoms with Crippen molar-refractivity contribution in [2.75, 3.05) is 0 Å². The molecule has 0 aliphatic carbocycles. The van der Waals surface area contributed by atoms with Gasteiger partial charge in [0.05, 0.1) is 6.33 Å². The van der Waals surface area contributed by atoms with Gasteiger partial charge < -0.3 is 4.57 Å². The van der Waals surface area contributed by atoms with Crippen LogP contribution in [0, 0.1) is 5.92 Å². The minimum atomic E-state index is 0.896. The molecule has 1 heterocycles. The summed E-state index contributed by atoms with van der Waals surface area (Å²) in [4.78, 5) is 4.03. The molecule has 0 N–H and O–H groups in total. The number of nitrogens with zero attached hydrogens (tertiary/aromatic N) is 2. The third-order valence-corrected chi connectivity index (χ3v) is 2.63. The van der Waals surface area contributed by atoms with E-state index in [1.54, 1.807) is 0 Å². The van der Waals surface area contributed by atoms with E-state index in [9.17, 15) is 0 Å². The van der Waals surface area contributed by atoms with Crippen LogP contribution in [-0.4, -0.2) is 9.55 Å². The Morgan fingerprint density at radius 1 is 1.31 bits per heavy atom. The fraction of sp³-hybridized carbons (Fsp3) is 0.727. The van der Waals surface area contributed by atoms with E-state index < -0.39 is 0 Å². The molecule has 74 valence electrons. The van der Waals surface area contributed by atoms with Crippen molar-refractivity contribution in [3.05, 3.63) is 18.7 Å². The van der Waals surface area contributed by atoms with Gasteiger partial charge in [-0.25, -0.2) is 4.98 Å². The SMILES string of the molecule is CCCC(CC)CCn1ccnc1. The van der Waals surface area contributed by atoms with Gasteiger partial charge in [-0.2, -0.15) is 0 Å². The van der Waals surface area contributed by atoms with Crippen molar-refractivity contribution < 1.29 is 0 Å². The summed E-state index contributed by atoms with van der Waals surface area (Å²) in [7, 11) is 0. The molecule has 1 unspecified atom stereocenters. The van der Waals surface area contributed by atoms with E-state index in [4.69, 9.17) is 0 Å². The van der Waals surface area contributed by atoms with Gasteiger partial charge >= 0.3 is 0 Å². The standard InChI is InChI=1S/C11H20N2/c1-3-5-11(4-2)6-8-13-9-7-12-10-13/h7,9-11H,3-6,8H2,1-2H3. The zero-order valence-corrected chi connectivity index (χ0v) is 8.74. The topological polar surface area (TPSA) is 17.8 Å². The first-order valence-electron chi connectivity index (χ1n) is 5.32. The van der Waals surface area contributed by atoms with E-state index in [1.165, 1.54) is 25.7 Å². The molecular formula is C11H20N2. The van der Waals surface area contributed by atoms with Gasteiger partial charge in [0, 0.05) is 18.9 Å². The van der Waals surface area contributed by atoms with Gasteiger partial charge in [0.25, 0.3) is 0 Å². The van der Waals surface area contributed by atoms with E-state index in [2.05, 4.69) is 23.4 Å². The van der Waals surface area contributed by atoms with Crippen molar-refractivity contribution in [1.82, 2.24) is 9.55 Å². The predicted molar refractivity (Wildman–Crippen MR) is 55.5 cm³/mol. The molecule has 0 aromatic carbocycles. The summed E-state index contributed by atoms with van der Waals surface area (Å²) in [5.41, 5.74) is 0. The van der Waals surface area contributed by atoms with Crippen LogP contribution in [0.2, 0.25) is 0 Å². The summed E-state index contributed by atoms with van der Waals surface area (Å²) >= 11 is 0. The van der Waals surface area contributed by atoms with Crippen molar-refractivity contribution in [1.29, 1.82) is 0 Å². The van der Waals surface area contributed by atoms with E-state index in [0.717, 1.165) is 12.5 Å². The molecule has 0 bridgehead atoms. The summed E-state index contributed by atoms with van der Waals surface area (Å²) < 4.78 is 2.16. The Balaban J connectivity index is 2.23.